The minimum absolute atomic E-state index is 0.00116. The number of carbonyl (C=O) groups is 2. The molecule has 1 aliphatic rings. The summed E-state index contributed by atoms with van der Waals surface area (Å²) in [6.07, 6.45) is 2.58. The number of nitrogens with zero attached hydrogens (tertiary/aromatic N) is 2. The molecule has 1 aliphatic heterocycles. The van der Waals surface area contributed by atoms with E-state index in [2.05, 4.69) is 19.6 Å². The molecule has 4 nitrogen and oxygen atoms in total. The molecule has 1 heterocycles. The highest BCUT2D eigenvalue weighted by Gasteiger charge is 2.25. The molecule has 1 saturated heterocycles. The van der Waals surface area contributed by atoms with Gasteiger partial charge in [0.1, 0.15) is 0 Å². The Hall–Kier alpha value is -1.49. The van der Waals surface area contributed by atoms with Crippen LogP contribution in [0.1, 0.15) is 36.5 Å². The second-order valence-corrected chi connectivity index (χ2v) is 5.78. The highest BCUT2D eigenvalue weighted by Crippen LogP contribution is 2.17. The monoisotopic (exact) mass is 306 g/mol. The first kappa shape index (κ1) is 15.9. The zero-order chi connectivity index (χ0) is 15.2. The zero-order valence-corrected chi connectivity index (χ0v) is 13.3. The number of carbonyl (C=O) groups excluding carboxylic acids is 2. The Morgan fingerprint density at radius 1 is 1.10 bits per heavy atom. The molecule has 0 atom stereocenters. The van der Waals surface area contributed by atoms with Crippen LogP contribution in [0, 0.1) is 0 Å². The largest absolute Gasteiger partial charge is 0.339 e. The molecule has 21 heavy (non-hydrogen) atoms. The molecule has 1 aromatic carbocycles. The second-order valence-electron chi connectivity index (χ2n) is 5.29. The summed E-state index contributed by atoms with van der Waals surface area (Å²) >= 11 is 4.33. The third-order valence-electron chi connectivity index (χ3n) is 3.80. The van der Waals surface area contributed by atoms with Gasteiger partial charge in [-0.15, -0.1) is 12.6 Å². The van der Waals surface area contributed by atoms with Crippen molar-refractivity contribution in [3.8, 4) is 0 Å². The average molecular weight is 306 g/mol. The Kier molecular flexibility index (Phi) is 5.67. The molecule has 0 N–H and O–H groups in total. The highest BCUT2D eigenvalue weighted by atomic mass is 32.1. The molecular weight excluding hydrogens is 284 g/mol. The van der Waals surface area contributed by atoms with E-state index in [1.165, 1.54) is 0 Å². The standard InChI is InChI=1S/C16H22N2O2S/c1-2-3-8-15(19)17-9-11-18(12-10-17)16(20)13-6-4-5-7-14(13)21/h4-7,21H,2-3,8-12H2,1H3. The van der Waals surface area contributed by atoms with Crippen LogP contribution in [0.3, 0.4) is 0 Å². The fourth-order valence-corrected chi connectivity index (χ4v) is 2.73. The Balaban J connectivity index is 1.91. The Bertz CT molecular complexity index is 511. The number of unbranched alkanes of at least 4 members (excludes halogenated alkanes) is 1. The Morgan fingerprint density at radius 3 is 2.33 bits per heavy atom. The summed E-state index contributed by atoms with van der Waals surface area (Å²) in [4.78, 5) is 28.8. The van der Waals surface area contributed by atoms with Gasteiger partial charge in [0.2, 0.25) is 5.91 Å². The molecular formula is C16H22N2O2S. The van der Waals surface area contributed by atoms with Crippen LogP contribution < -0.4 is 0 Å². The number of benzene rings is 1. The van der Waals surface area contributed by atoms with E-state index < -0.39 is 0 Å². The normalized spacial score (nSPS) is 15.1. The maximum absolute atomic E-state index is 12.4. The lowest BCUT2D eigenvalue weighted by molar-refractivity contribution is -0.132. The fourth-order valence-electron chi connectivity index (χ4n) is 2.47. The number of piperazine rings is 1. The van der Waals surface area contributed by atoms with E-state index in [4.69, 9.17) is 0 Å². The molecule has 0 aliphatic carbocycles. The van der Waals surface area contributed by atoms with Crippen molar-refractivity contribution in [1.82, 2.24) is 9.80 Å². The summed E-state index contributed by atoms with van der Waals surface area (Å²) in [5.74, 6) is 0.208. The first-order valence-electron chi connectivity index (χ1n) is 7.48. The predicted octanol–water partition coefficient (Wildman–Crippen LogP) is 2.45. The first-order valence-corrected chi connectivity index (χ1v) is 7.93. The number of rotatable bonds is 4. The topological polar surface area (TPSA) is 40.6 Å². The van der Waals surface area contributed by atoms with Gasteiger partial charge in [-0.3, -0.25) is 9.59 Å². The summed E-state index contributed by atoms with van der Waals surface area (Å²) in [6, 6.07) is 7.32. The van der Waals surface area contributed by atoms with Gasteiger partial charge >= 0.3 is 0 Å². The van der Waals surface area contributed by atoms with Crippen molar-refractivity contribution in [1.29, 1.82) is 0 Å². The maximum atomic E-state index is 12.4. The van der Waals surface area contributed by atoms with E-state index in [9.17, 15) is 9.59 Å². The summed E-state index contributed by atoms with van der Waals surface area (Å²) in [5.41, 5.74) is 0.631. The summed E-state index contributed by atoms with van der Waals surface area (Å²) < 4.78 is 0. The van der Waals surface area contributed by atoms with Crippen LogP contribution in [-0.4, -0.2) is 47.8 Å². The first-order chi connectivity index (χ1) is 10.1. The van der Waals surface area contributed by atoms with Crippen LogP contribution in [0.4, 0.5) is 0 Å². The van der Waals surface area contributed by atoms with Gasteiger partial charge in [0.15, 0.2) is 0 Å². The number of hydrogen-bond donors (Lipinski definition) is 1. The highest BCUT2D eigenvalue weighted by molar-refractivity contribution is 7.80. The van der Waals surface area contributed by atoms with E-state index in [1.54, 1.807) is 11.0 Å². The van der Waals surface area contributed by atoms with Gasteiger partial charge in [0, 0.05) is 37.5 Å². The Labute approximate surface area is 131 Å². The van der Waals surface area contributed by atoms with Crippen molar-refractivity contribution in [3.05, 3.63) is 29.8 Å². The SMILES string of the molecule is CCCCC(=O)N1CCN(C(=O)c2ccccc2S)CC1. The Morgan fingerprint density at radius 2 is 1.71 bits per heavy atom. The van der Waals surface area contributed by atoms with Gasteiger partial charge in [-0.2, -0.15) is 0 Å². The van der Waals surface area contributed by atoms with E-state index in [1.807, 2.05) is 23.1 Å². The van der Waals surface area contributed by atoms with Crippen LogP contribution in [0.2, 0.25) is 0 Å². The smallest absolute Gasteiger partial charge is 0.255 e. The number of amides is 2. The molecule has 0 saturated carbocycles. The minimum atomic E-state index is 0.00116. The number of hydrogen-bond acceptors (Lipinski definition) is 3. The summed E-state index contributed by atoms with van der Waals surface area (Å²) in [7, 11) is 0. The lowest BCUT2D eigenvalue weighted by Gasteiger charge is -2.35. The van der Waals surface area contributed by atoms with Crippen molar-refractivity contribution < 1.29 is 9.59 Å². The molecule has 1 fully saturated rings. The van der Waals surface area contributed by atoms with E-state index in [0.717, 1.165) is 12.8 Å². The van der Waals surface area contributed by atoms with Crippen LogP contribution in [0.25, 0.3) is 0 Å². The molecule has 5 heteroatoms. The zero-order valence-electron chi connectivity index (χ0n) is 12.4. The van der Waals surface area contributed by atoms with Gasteiger partial charge in [-0.25, -0.2) is 0 Å². The lowest BCUT2D eigenvalue weighted by atomic mass is 10.1. The van der Waals surface area contributed by atoms with Crippen molar-refractivity contribution in [2.45, 2.75) is 31.1 Å². The van der Waals surface area contributed by atoms with Crippen LogP contribution in [0.5, 0.6) is 0 Å². The van der Waals surface area contributed by atoms with Crippen molar-refractivity contribution in [2.75, 3.05) is 26.2 Å². The quantitative estimate of drug-likeness (QED) is 0.868. The molecule has 0 spiro atoms. The summed E-state index contributed by atoms with van der Waals surface area (Å²) in [5, 5.41) is 0. The molecule has 2 amide bonds. The third-order valence-corrected chi connectivity index (χ3v) is 4.19. The van der Waals surface area contributed by atoms with E-state index >= 15 is 0 Å². The maximum Gasteiger partial charge on any atom is 0.255 e. The van der Waals surface area contributed by atoms with Crippen LogP contribution in [-0.2, 0) is 4.79 Å². The van der Waals surface area contributed by atoms with Crippen molar-refractivity contribution in [3.63, 3.8) is 0 Å². The van der Waals surface area contributed by atoms with Crippen LogP contribution in [0.15, 0.2) is 29.2 Å². The van der Waals surface area contributed by atoms with Gasteiger partial charge in [-0.1, -0.05) is 25.5 Å². The minimum Gasteiger partial charge on any atom is -0.339 e. The molecule has 0 unspecified atom stereocenters. The molecule has 0 bridgehead atoms. The van der Waals surface area contributed by atoms with Gasteiger partial charge in [0.25, 0.3) is 5.91 Å². The molecule has 2 rings (SSSR count). The van der Waals surface area contributed by atoms with E-state index in [0.29, 0.717) is 43.1 Å². The molecule has 1 aromatic rings. The summed E-state index contributed by atoms with van der Waals surface area (Å²) in [6.45, 7) is 4.53. The van der Waals surface area contributed by atoms with E-state index in [-0.39, 0.29) is 11.8 Å². The van der Waals surface area contributed by atoms with Crippen LogP contribution >= 0.6 is 12.6 Å². The predicted molar refractivity (Wildman–Crippen MR) is 85.7 cm³/mol. The third kappa shape index (κ3) is 4.00. The fraction of sp³-hybridized carbons (Fsp3) is 0.500. The van der Waals surface area contributed by atoms with Crippen molar-refractivity contribution >= 4 is 24.4 Å². The average Bonchev–Trinajstić information content (AvgIpc) is 2.52. The molecule has 0 aromatic heterocycles. The van der Waals surface area contributed by atoms with Gasteiger partial charge < -0.3 is 9.80 Å². The van der Waals surface area contributed by atoms with Gasteiger partial charge in [-0.05, 0) is 18.6 Å². The van der Waals surface area contributed by atoms with Crippen molar-refractivity contribution in [2.24, 2.45) is 0 Å². The number of thiol groups is 1. The second kappa shape index (κ2) is 7.50. The molecule has 0 radical (unpaired) electrons. The lowest BCUT2D eigenvalue weighted by Crippen LogP contribution is -2.50. The molecule has 114 valence electrons. The van der Waals surface area contributed by atoms with Gasteiger partial charge in [0.05, 0.1) is 5.56 Å².